The molecule has 1 fully saturated rings. The molecule has 0 bridgehead atoms. The van der Waals surface area contributed by atoms with Gasteiger partial charge >= 0.3 is 0 Å². The lowest BCUT2D eigenvalue weighted by molar-refractivity contribution is 0.00651. The van der Waals surface area contributed by atoms with Gasteiger partial charge in [-0.2, -0.15) is 0 Å². The minimum atomic E-state index is -0.563. The van der Waals surface area contributed by atoms with Crippen LogP contribution in [0.4, 0.5) is 5.13 Å². The Balaban J connectivity index is 1.76. The van der Waals surface area contributed by atoms with Gasteiger partial charge in [0.1, 0.15) is 0 Å². The molecule has 3 nitrogen and oxygen atoms in total. The molecule has 1 N–H and O–H groups in total. The van der Waals surface area contributed by atoms with Gasteiger partial charge in [0.15, 0.2) is 5.13 Å². The smallest absolute Gasteiger partial charge is 0.186 e. The molecule has 0 saturated carbocycles. The first-order valence-corrected chi connectivity index (χ1v) is 9.43. The van der Waals surface area contributed by atoms with E-state index in [0.717, 1.165) is 36.6 Å². The summed E-state index contributed by atoms with van der Waals surface area (Å²) in [5.41, 5.74) is 0.532. The summed E-state index contributed by atoms with van der Waals surface area (Å²) in [5, 5.41) is 11.3. The molecule has 114 valence electrons. The zero-order valence-electron chi connectivity index (χ0n) is 12.8. The van der Waals surface area contributed by atoms with Crippen molar-refractivity contribution in [1.82, 2.24) is 4.98 Å². The maximum Gasteiger partial charge on any atom is 0.186 e. The maximum atomic E-state index is 10.1. The first-order chi connectivity index (χ1) is 9.97. The van der Waals surface area contributed by atoms with Crippen molar-refractivity contribution in [1.29, 1.82) is 0 Å². The summed E-state index contributed by atoms with van der Waals surface area (Å²) in [4.78, 5) is 8.43. The molecule has 1 aliphatic heterocycles. The summed E-state index contributed by atoms with van der Waals surface area (Å²) < 4.78 is 1.27. The van der Waals surface area contributed by atoms with Gasteiger partial charge in [-0.05, 0) is 57.1 Å². The van der Waals surface area contributed by atoms with Crippen molar-refractivity contribution in [2.24, 2.45) is 5.92 Å². The number of anilines is 1. The van der Waals surface area contributed by atoms with Gasteiger partial charge < -0.3 is 10.0 Å². The van der Waals surface area contributed by atoms with E-state index in [1.54, 1.807) is 23.1 Å². The molecule has 0 aliphatic carbocycles. The second-order valence-corrected chi connectivity index (χ2v) is 8.13. The fraction of sp³-hybridized carbons (Fsp3) is 0.562. The summed E-state index contributed by atoms with van der Waals surface area (Å²) in [6.45, 7) is 5.83. The molecule has 1 aliphatic rings. The highest BCUT2D eigenvalue weighted by atomic mass is 32.2. The van der Waals surface area contributed by atoms with Crippen molar-refractivity contribution in [2.75, 3.05) is 24.2 Å². The quantitative estimate of drug-likeness (QED) is 0.866. The van der Waals surface area contributed by atoms with Gasteiger partial charge in [-0.1, -0.05) is 11.3 Å². The summed E-state index contributed by atoms with van der Waals surface area (Å²) >= 11 is 3.55. The summed E-state index contributed by atoms with van der Waals surface area (Å²) in [6, 6.07) is 6.48. The predicted octanol–water partition coefficient (Wildman–Crippen LogP) is 4.01. The van der Waals surface area contributed by atoms with E-state index in [4.69, 9.17) is 4.98 Å². The van der Waals surface area contributed by atoms with Crippen LogP contribution < -0.4 is 4.90 Å². The number of thiazole rings is 1. The highest BCUT2D eigenvalue weighted by Crippen LogP contribution is 2.35. The highest BCUT2D eigenvalue weighted by molar-refractivity contribution is 7.98. The SMILES string of the molecule is CSc1ccc2nc(N3CCC(C(C)(C)O)CC3)sc2c1. The summed E-state index contributed by atoms with van der Waals surface area (Å²) in [5.74, 6) is 0.395. The van der Waals surface area contributed by atoms with E-state index in [1.165, 1.54) is 9.60 Å². The predicted molar refractivity (Wildman–Crippen MR) is 92.6 cm³/mol. The molecule has 21 heavy (non-hydrogen) atoms. The third kappa shape index (κ3) is 3.20. The van der Waals surface area contributed by atoms with Crippen molar-refractivity contribution < 1.29 is 5.11 Å². The van der Waals surface area contributed by atoms with Crippen LogP contribution in [0, 0.1) is 5.92 Å². The van der Waals surface area contributed by atoms with Crippen molar-refractivity contribution >= 4 is 38.4 Å². The highest BCUT2D eigenvalue weighted by Gasteiger charge is 2.31. The monoisotopic (exact) mass is 322 g/mol. The van der Waals surface area contributed by atoms with Crippen LogP contribution in [-0.4, -0.2) is 35.0 Å². The molecule has 1 aromatic carbocycles. The van der Waals surface area contributed by atoms with Gasteiger partial charge in [0, 0.05) is 18.0 Å². The molecule has 3 rings (SSSR count). The Kier molecular flexibility index (Phi) is 4.17. The number of aliphatic hydroxyl groups is 1. The van der Waals surface area contributed by atoms with Gasteiger partial charge in [0.25, 0.3) is 0 Å². The van der Waals surface area contributed by atoms with Crippen LogP contribution in [0.5, 0.6) is 0 Å². The Hall–Kier alpha value is -0.780. The molecule has 1 aromatic heterocycles. The van der Waals surface area contributed by atoms with Gasteiger partial charge in [-0.3, -0.25) is 0 Å². The number of benzene rings is 1. The Bertz CT molecular complexity index is 625. The van der Waals surface area contributed by atoms with Crippen molar-refractivity contribution in [3.63, 3.8) is 0 Å². The van der Waals surface area contributed by atoms with Crippen LogP contribution >= 0.6 is 23.1 Å². The minimum Gasteiger partial charge on any atom is -0.390 e. The zero-order chi connectivity index (χ0) is 15.0. The Labute approximate surface area is 134 Å². The average molecular weight is 322 g/mol. The Morgan fingerprint density at radius 1 is 1.33 bits per heavy atom. The fourth-order valence-corrected chi connectivity index (χ4v) is 4.50. The lowest BCUT2D eigenvalue weighted by Crippen LogP contribution is -2.41. The Morgan fingerprint density at radius 3 is 2.67 bits per heavy atom. The number of thioether (sulfide) groups is 1. The van der Waals surface area contributed by atoms with E-state index in [2.05, 4.69) is 29.4 Å². The van der Waals surface area contributed by atoms with Gasteiger partial charge in [0.05, 0.1) is 15.8 Å². The van der Waals surface area contributed by atoms with Gasteiger partial charge in [-0.25, -0.2) is 4.98 Å². The van der Waals surface area contributed by atoms with E-state index >= 15 is 0 Å². The van der Waals surface area contributed by atoms with Crippen molar-refractivity contribution in [3.05, 3.63) is 18.2 Å². The lowest BCUT2D eigenvalue weighted by Gasteiger charge is -2.37. The van der Waals surface area contributed by atoms with E-state index in [9.17, 15) is 5.11 Å². The van der Waals surface area contributed by atoms with Crippen LogP contribution in [0.25, 0.3) is 10.2 Å². The largest absolute Gasteiger partial charge is 0.390 e. The van der Waals surface area contributed by atoms with E-state index in [-0.39, 0.29) is 0 Å². The standard InChI is InChI=1S/C16H22N2OS2/c1-16(2,19)11-6-8-18(9-7-11)15-17-13-5-4-12(20-3)10-14(13)21-15/h4-5,10-11,19H,6-9H2,1-3H3. The van der Waals surface area contributed by atoms with Crippen molar-refractivity contribution in [3.8, 4) is 0 Å². The fourth-order valence-electron chi connectivity index (χ4n) is 2.93. The topological polar surface area (TPSA) is 36.4 Å². The van der Waals surface area contributed by atoms with Gasteiger partial charge in [-0.15, -0.1) is 11.8 Å². The molecule has 0 spiro atoms. The Morgan fingerprint density at radius 2 is 2.05 bits per heavy atom. The number of fused-ring (bicyclic) bond motifs is 1. The van der Waals surface area contributed by atoms with E-state index in [0.29, 0.717) is 5.92 Å². The number of rotatable bonds is 3. The molecular weight excluding hydrogens is 300 g/mol. The number of hydrogen-bond donors (Lipinski definition) is 1. The first-order valence-electron chi connectivity index (χ1n) is 7.39. The average Bonchev–Trinajstić information content (AvgIpc) is 2.89. The lowest BCUT2D eigenvalue weighted by atomic mass is 9.83. The number of piperidine rings is 1. The summed E-state index contributed by atoms with van der Waals surface area (Å²) in [7, 11) is 0. The van der Waals surface area contributed by atoms with Gasteiger partial charge in [0.2, 0.25) is 0 Å². The van der Waals surface area contributed by atoms with E-state index in [1.807, 2.05) is 13.8 Å². The molecular formula is C16H22N2OS2. The van der Waals surface area contributed by atoms with Crippen LogP contribution in [0.2, 0.25) is 0 Å². The second-order valence-electron chi connectivity index (χ2n) is 6.25. The molecule has 0 radical (unpaired) electrons. The van der Waals surface area contributed by atoms with Crippen LogP contribution in [-0.2, 0) is 0 Å². The molecule has 0 atom stereocenters. The van der Waals surface area contributed by atoms with Crippen LogP contribution in [0.15, 0.2) is 23.1 Å². The zero-order valence-corrected chi connectivity index (χ0v) is 14.4. The van der Waals surface area contributed by atoms with Crippen molar-refractivity contribution in [2.45, 2.75) is 37.2 Å². The second kappa shape index (κ2) is 5.78. The molecule has 5 heteroatoms. The minimum absolute atomic E-state index is 0.395. The normalized spacial score (nSPS) is 17.6. The molecule has 2 aromatic rings. The first kappa shape index (κ1) is 15.1. The van der Waals surface area contributed by atoms with E-state index < -0.39 is 5.60 Å². The summed E-state index contributed by atoms with van der Waals surface area (Å²) in [6.07, 6.45) is 4.18. The maximum absolute atomic E-state index is 10.1. The number of nitrogens with zero attached hydrogens (tertiary/aromatic N) is 2. The molecule has 2 heterocycles. The number of hydrogen-bond acceptors (Lipinski definition) is 5. The van der Waals surface area contributed by atoms with Crippen LogP contribution in [0.1, 0.15) is 26.7 Å². The molecule has 0 amide bonds. The molecule has 1 saturated heterocycles. The van der Waals surface area contributed by atoms with Crippen LogP contribution in [0.3, 0.4) is 0 Å². The number of aromatic nitrogens is 1. The third-order valence-corrected chi connectivity index (χ3v) is 6.15. The third-order valence-electron chi connectivity index (χ3n) is 4.35. The molecule has 0 unspecified atom stereocenters.